The summed E-state index contributed by atoms with van der Waals surface area (Å²) in [5, 5.41) is 13.0. The fraction of sp³-hybridized carbons (Fsp3) is 0.885. The second kappa shape index (κ2) is 22.7. The van der Waals surface area contributed by atoms with Crippen LogP contribution in [0.4, 0.5) is 0 Å². The molecular formula is C26H50NO6P-2. The number of phosphoric ester groups is 1. The normalized spacial score (nSPS) is 13.9. The fourth-order valence-corrected chi connectivity index (χ4v) is 4.20. The minimum Gasteiger partial charge on any atom is -0.790 e. The van der Waals surface area contributed by atoms with Crippen molar-refractivity contribution >= 4 is 13.7 Å². The summed E-state index contributed by atoms with van der Waals surface area (Å²) in [5.74, 6) is -0.283. The third-order valence-corrected chi connectivity index (χ3v) is 6.45. The van der Waals surface area contributed by atoms with Gasteiger partial charge in [0.05, 0.1) is 26.6 Å². The molecule has 202 valence electrons. The highest BCUT2D eigenvalue weighted by Gasteiger charge is 2.20. The van der Waals surface area contributed by atoms with Crippen molar-refractivity contribution in [2.75, 3.05) is 6.61 Å². The van der Waals surface area contributed by atoms with Crippen LogP contribution in [0.1, 0.15) is 129 Å². The largest absolute Gasteiger partial charge is 0.790 e. The Hall–Kier alpha value is -0.720. The van der Waals surface area contributed by atoms with Crippen LogP contribution in [0.25, 0.3) is 0 Å². The Balaban J connectivity index is 4.16. The van der Waals surface area contributed by atoms with Gasteiger partial charge in [-0.15, -0.1) is 0 Å². The van der Waals surface area contributed by atoms with E-state index in [-0.39, 0.29) is 5.91 Å². The number of hydrogen-bond donors (Lipinski definition) is 2. The minimum atomic E-state index is -5.18. The van der Waals surface area contributed by atoms with Crippen molar-refractivity contribution in [1.82, 2.24) is 5.32 Å². The van der Waals surface area contributed by atoms with Crippen LogP contribution in [0.2, 0.25) is 0 Å². The van der Waals surface area contributed by atoms with Gasteiger partial charge in [-0.1, -0.05) is 116 Å². The topological polar surface area (TPSA) is 122 Å². The van der Waals surface area contributed by atoms with Crippen LogP contribution in [0.5, 0.6) is 0 Å². The molecule has 0 saturated heterocycles. The molecule has 0 aromatic heterocycles. The summed E-state index contributed by atoms with van der Waals surface area (Å²) in [4.78, 5) is 33.9. The van der Waals surface area contributed by atoms with Gasteiger partial charge >= 0.3 is 0 Å². The molecule has 1 amide bonds. The number of nitrogens with one attached hydrogen (secondary N) is 1. The third kappa shape index (κ3) is 23.0. The highest BCUT2D eigenvalue weighted by atomic mass is 31.2. The molecular weight excluding hydrogens is 453 g/mol. The number of allylic oxidation sites excluding steroid dienone is 1. The number of aliphatic hydroxyl groups is 1. The molecule has 0 unspecified atom stereocenters. The average Bonchev–Trinajstić information content (AvgIpc) is 2.78. The summed E-state index contributed by atoms with van der Waals surface area (Å²) in [5.41, 5.74) is 0. The van der Waals surface area contributed by atoms with Gasteiger partial charge in [-0.2, -0.15) is 0 Å². The summed E-state index contributed by atoms with van der Waals surface area (Å²) in [6, 6.07) is -0.979. The van der Waals surface area contributed by atoms with Gasteiger partial charge in [0, 0.05) is 6.42 Å². The Bertz CT molecular complexity index is 551. The molecule has 0 fully saturated rings. The van der Waals surface area contributed by atoms with Crippen molar-refractivity contribution in [3.05, 3.63) is 12.2 Å². The maximum atomic E-state index is 12.2. The van der Waals surface area contributed by atoms with Gasteiger partial charge in [-0.05, 0) is 19.3 Å². The van der Waals surface area contributed by atoms with Gasteiger partial charge in [0.15, 0.2) is 0 Å². The molecule has 0 spiro atoms. The summed E-state index contributed by atoms with van der Waals surface area (Å²) in [6.45, 7) is 3.78. The summed E-state index contributed by atoms with van der Waals surface area (Å²) < 4.78 is 15.2. The lowest BCUT2D eigenvalue weighted by Gasteiger charge is -2.32. The molecule has 0 radical (unpaired) electrons. The van der Waals surface area contributed by atoms with Crippen molar-refractivity contribution in [3.8, 4) is 0 Å². The number of phosphoric acid groups is 1. The minimum absolute atomic E-state index is 0.283. The Morgan fingerprint density at radius 2 is 1.32 bits per heavy atom. The van der Waals surface area contributed by atoms with Crippen molar-refractivity contribution < 1.29 is 28.8 Å². The number of amides is 1. The number of hydrogen-bond acceptors (Lipinski definition) is 6. The van der Waals surface area contributed by atoms with Crippen LogP contribution >= 0.6 is 7.82 Å². The lowest BCUT2D eigenvalue weighted by atomic mass is 10.0. The van der Waals surface area contributed by atoms with Gasteiger partial charge < -0.3 is 29.3 Å². The second-order valence-electron chi connectivity index (χ2n) is 9.32. The van der Waals surface area contributed by atoms with Gasteiger partial charge in [-0.3, -0.25) is 4.79 Å². The Morgan fingerprint density at radius 3 is 1.82 bits per heavy atom. The van der Waals surface area contributed by atoms with E-state index in [1.807, 2.05) is 6.08 Å². The van der Waals surface area contributed by atoms with Crippen LogP contribution in [0.15, 0.2) is 12.2 Å². The van der Waals surface area contributed by atoms with Crippen molar-refractivity contribution in [2.24, 2.45) is 0 Å². The molecule has 0 saturated carbocycles. The number of unbranched alkanes of at least 4 members (excludes halogenated alkanes) is 15. The second-order valence-corrected chi connectivity index (χ2v) is 10.5. The van der Waals surface area contributed by atoms with E-state index in [9.17, 15) is 24.3 Å². The average molecular weight is 504 g/mol. The highest BCUT2D eigenvalue weighted by molar-refractivity contribution is 7.43. The molecule has 0 aliphatic heterocycles. The lowest BCUT2D eigenvalue weighted by molar-refractivity contribution is -0.342. The number of carbonyl (C=O) groups excluding carboxylic acids is 1. The van der Waals surface area contributed by atoms with Gasteiger partial charge in [0.2, 0.25) is 5.91 Å². The third-order valence-electron chi connectivity index (χ3n) is 5.99. The Kier molecular flexibility index (Phi) is 22.2. The molecule has 0 rings (SSSR count). The number of carbonyl (C=O) groups is 1. The van der Waals surface area contributed by atoms with Crippen LogP contribution in [-0.2, 0) is 13.9 Å². The Labute approximate surface area is 208 Å². The van der Waals surface area contributed by atoms with Gasteiger partial charge in [0.1, 0.15) is 0 Å². The van der Waals surface area contributed by atoms with Crippen molar-refractivity contribution in [2.45, 2.75) is 142 Å². The van der Waals surface area contributed by atoms with E-state index in [1.54, 1.807) is 6.08 Å². The monoisotopic (exact) mass is 503 g/mol. The number of aliphatic hydroxyl groups excluding tert-OH is 1. The molecule has 0 aromatic rings. The van der Waals surface area contributed by atoms with Crippen LogP contribution in [-0.4, -0.2) is 29.8 Å². The molecule has 0 heterocycles. The number of rotatable bonds is 24. The molecule has 0 aliphatic carbocycles. The van der Waals surface area contributed by atoms with E-state index in [1.165, 1.54) is 57.8 Å². The van der Waals surface area contributed by atoms with Crippen molar-refractivity contribution in [3.63, 3.8) is 0 Å². The van der Waals surface area contributed by atoms with Crippen LogP contribution in [0.3, 0.4) is 0 Å². The maximum Gasteiger partial charge on any atom is 0.220 e. The van der Waals surface area contributed by atoms with E-state index in [4.69, 9.17) is 0 Å². The first-order valence-electron chi connectivity index (χ1n) is 13.6. The molecule has 2 atom stereocenters. The van der Waals surface area contributed by atoms with Gasteiger partial charge in [-0.25, -0.2) is 0 Å². The Morgan fingerprint density at radius 1 is 0.853 bits per heavy atom. The summed E-state index contributed by atoms with van der Waals surface area (Å²) in [7, 11) is -5.18. The van der Waals surface area contributed by atoms with Crippen molar-refractivity contribution in [1.29, 1.82) is 0 Å². The lowest BCUT2D eigenvalue weighted by Crippen LogP contribution is -2.46. The molecule has 8 heteroatoms. The van der Waals surface area contributed by atoms with Gasteiger partial charge in [0.25, 0.3) is 0 Å². The molecule has 0 aliphatic rings. The summed E-state index contributed by atoms with van der Waals surface area (Å²) in [6.07, 6.45) is 22.3. The maximum absolute atomic E-state index is 12.2. The molecule has 0 aromatic carbocycles. The van der Waals surface area contributed by atoms with E-state index >= 15 is 0 Å². The predicted octanol–water partition coefficient (Wildman–Crippen LogP) is 5.30. The first-order chi connectivity index (χ1) is 16.3. The first kappa shape index (κ1) is 33.3. The van der Waals surface area contributed by atoms with E-state index < -0.39 is 26.6 Å². The zero-order valence-corrected chi connectivity index (χ0v) is 22.6. The molecule has 7 nitrogen and oxygen atoms in total. The molecule has 34 heavy (non-hydrogen) atoms. The van der Waals surface area contributed by atoms with Crippen LogP contribution < -0.4 is 15.1 Å². The van der Waals surface area contributed by atoms with E-state index in [0.717, 1.165) is 51.4 Å². The fourth-order valence-electron chi connectivity index (χ4n) is 3.86. The molecule has 0 bridgehead atoms. The predicted molar refractivity (Wildman–Crippen MR) is 135 cm³/mol. The zero-order chi connectivity index (χ0) is 25.5. The SMILES string of the molecule is CCCCCCCCCCCCC/C=C/[C@@H](O)[C@H](COP(=O)([O-])[O-])NC(=O)CCCCCCC. The van der Waals surface area contributed by atoms with E-state index in [2.05, 4.69) is 23.7 Å². The molecule has 2 N–H and O–H groups in total. The first-order valence-corrected chi connectivity index (χ1v) is 15.1. The smallest absolute Gasteiger partial charge is 0.220 e. The van der Waals surface area contributed by atoms with E-state index in [0.29, 0.717) is 6.42 Å². The quantitative estimate of drug-likeness (QED) is 0.105. The summed E-state index contributed by atoms with van der Waals surface area (Å²) >= 11 is 0. The standard InChI is InChI=1S/C26H52NO6P/c1-3-5-7-9-10-11-12-13-14-15-16-18-19-21-25(28)24(23-33-34(30,31)32)27-26(29)22-20-17-8-6-4-2/h19,21,24-25,28H,3-18,20,22-23H2,1-2H3,(H,27,29)(H2,30,31,32)/p-2/b21-19+/t24-,25+/m0/s1. The highest BCUT2D eigenvalue weighted by Crippen LogP contribution is 2.25. The van der Waals surface area contributed by atoms with Crippen LogP contribution in [0, 0.1) is 0 Å². The zero-order valence-electron chi connectivity index (χ0n) is 21.7.